The Bertz CT molecular complexity index is 491. The van der Waals surface area contributed by atoms with Crippen LogP contribution in [0, 0.1) is 21.4 Å². The molecule has 0 aliphatic rings. The van der Waals surface area contributed by atoms with Gasteiger partial charge in [-0.3, -0.25) is 14.9 Å². The van der Waals surface area contributed by atoms with Crippen molar-refractivity contribution in [3.8, 4) is 6.07 Å². The van der Waals surface area contributed by atoms with Crippen molar-refractivity contribution in [3.63, 3.8) is 0 Å². The second-order valence-electron chi connectivity index (χ2n) is 2.78. The normalized spacial score (nSPS) is 9.40. The second-order valence-corrected chi connectivity index (χ2v) is 3.18. The second kappa shape index (κ2) is 4.07. The van der Waals surface area contributed by atoms with E-state index in [2.05, 4.69) is 0 Å². The van der Waals surface area contributed by atoms with Crippen LogP contribution in [0.15, 0.2) is 12.1 Å². The fraction of sp³-hybridized carbons (Fsp3) is 0.111. The Morgan fingerprint density at radius 3 is 2.60 bits per heavy atom. The molecule has 0 spiro atoms. The first-order valence-electron chi connectivity index (χ1n) is 3.86. The number of rotatable bonds is 2. The molecule has 5 nitrogen and oxygen atoms in total. The van der Waals surface area contributed by atoms with Gasteiger partial charge in [0.05, 0.1) is 9.95 Å². The van der Waals surface area contributed by atoms with Crippen LogP contribution in [0.2, 0.25) is 5.02 Å². The molecule has 15 heavy (non-hydrogen) atoms. The summed E-state index contributed by atoms with van der Waals surface area (Å²) in [5, 5.41) is 19.2. The number of carbonyl (C=O) groups excluding carboxylic acids is 1. The molecule has 0 fully saturated rings. The van der Waals surface area contributed by atoms with E-state index in [0.29, 0.717) is 0 Å². The molecule has 1 rings (SSSR count). The van der Waals surface area contributed by atoms with Crippen molar-refractivity contribution in [1.82, 2.24) is 0 Å². The monoisotopic (exact) mass is 224 g/mol. The van der Waals surface area contributed by atoms with E-state index in [-0.39, 0.29) is 21.9 Å². The van der Waals surface area contributed by atoms with Crippen LogP contribution >= 0.6 is 11.6 Å². The van der Waals surface area contributed by atoms with Gasteiger partial charge >= 0.3 is 0 Å². The van der Waals surface area contributed by atoms with Crippen molar-refractivity contribution in [2.75, 3.05) is 0 Å². The standard InChI is InChI=1S/C9H5ClN2O3/c1-5(13)6-2-8(10)7(4-11)9(3-6)12(14)15/h2-3H,1H3. The average molecular weight is 225 g/mol. The molecule has 0 aromatic heterocycles. The van der Waals surface area contributed by atoms with E-state index in [0.717, 1.165) is 6.07 Å². The molecule has 0 N–H and O–H groups in total. The molecule has 0 saturated carbocycles. The molecule has 0 bridgehead atoms. The zero-order valence-electron chi connectivity index (χ0n) is 7.65. The number of nitro groups is 1. The summed E-state index contributed by atoms with van der Waals surface area (Å²) in [7, 11) is 0. The highest BCUT2D eigenvalue weighted by molar-refractivity contribution is 6.32. The molecule has 0 amide bonds. The van der Waals surface area contributed by atoms with E-state index in [9.17, 15) is 14.9 Å². The minimum absolute atomic E-state index is 0.0862. The fourth-order valence-corrected chi connectivity index (χ4v) is 1.31. The predicted octanol–water partition coefficient (Wildman–Crippen LogP) is 2.32. The summed E-state index contributed by atoms with van der Waals surface area (Å²) in [6, 6.07) is 3.92. The number of halogens is 1. The van der Waals surface area contributed by atoms with Gasteiger partial charge in [-0.2, -0.15) is 5.26 Å². The number of benzene rings is 1. The summed E-state index contributed by atoms with van der Waals surface area (Å²) in [5.74, 6) is -0.343. The Balaban J connectivity index is 3.54. The fourth-order valence-electron chi connectivity index (χ4n) is 1.05. The van der Waals surface area contributed by atoms with E-state index in [1.54, 1.807) is 6.07 Å². The van der Waals surface area contributed by atoms with Crippen LogP contribution in [0.1, 0.15) is 22.8 Å². The third kappa shape index (κ3) is 2.11. The molecule has 0 radical (unpaired) electrons. The minimum atomic E-state index is -0.739. The topological polar surface area (TPSA) is 84.0 Å². The Labute approximate surface area is 90.0 Å². The van der Waals surface area contributed by atoms with Crippen LogP contribution in [0.4, 0.5) is 5.69 Å². The Hall–Kier alpha value is -1.93. The number of carbonyl (C=O) groups is 1. The lowest BCUT2D eigenvalue weighted by atomic mass is 10.1. The number of Topliss-reactive ketones (excluding diaryl/α,β-unsaturated/α-hetero) is 1. The largest absolute Gasteiger partial charge is 0.295 e. The van der Waals surface area contributed by atoms with Gasteiger partial charge in [-0.25, -0.2) is 0 Å². The molecule has 0 saturated heterocycles. The number of nitro benzene ring substituents is 1. The van der Waals surface area contributed by atoms with Crippen molar-refractivity contribution < 1.29 is 9.72 Å². The van der Waals surface area contributed by atoms with E-state index >= 15 is 0 Å². The molecule has 76 valence electrons. The van der Waals surface area contributed by atoms with Gasteiger partial charge < -0.3 is 0 Å². The van der Waals surface area contributed by atoms with E-state index < -0.39 is 10.6 Å². The third-order valence-corrected chi connectivity index (χ3v) is 2.08. The lowest BCUT2D eigenvalue weighted by molar-refractivity contribution is -0.385. The average Bonchev–Trinajstić information content (AvgIpc) is 2.16. The van der Waals surface area contributed by atoms with E-state index in [1.807, 2.05) is 0 Å². The maximum absolute atomic E-state index is 11.0. The van der Waals surface area contributed by atoms with Crippen LogP contribution < -0.4 is 0 Å². The zero-order valence-corrected chi connectivity index (χ0v) is 8.41. The Morgan fingerprint density at radius 1 is 1.60 bits per heavy atom. The van der Waals surface area contributed by atoms with Crippen LogP contribution in [-0.2, 0) is 0 Å². The molecular formula is C9H5ClN2O3. The predicted molar refractivity (Wildman–Crippen MR) is 52.8 cm³/mol. The first-order chi connectivity index (χ1) is 6.97. The van der Waals surface area contributed by atoms with Crippen LogP contribution in [0.5, 0.6) is 0 Å². The van der Waals surface area contributed by atoms with Gasteiger partial charge in [0.25, 0.3) is 5.69 Å². The molecule has 1 aromatic rings. The zero-order chi connectivity index (χ0) is 11.6. The van der Waals surface area contributed by atoms with Gasteiger partial charge in [-0.05, 0) is 13.0 Å². The summed E-state index contributed by atoms with van der Waals surface area (Å²) >= 11 is 5.64. The lowest BCUT2D eigenvalue weighted by Gasteiger charge is -2.00. The summed E-state index contributed by atoms with van der Waals surface area (Å²) in [4.78, 5) is 20.9. The summed E-state index contributed by atoms with van der Waals surface area (Å²) in [6.07, 6.45) is 0. The molecule has 6 heteroatoms. The number of hydrogen-bond donors (Lipinski definition) is 0. The molecule has 0 aliphatic carbocycles. The number of nitriles is 1. The van der Waals surface area contributed by atoms with Gasteiger partial charge in [-0.15, -0.1) is 0 Å². The van der Waals surface area contributed by atoms with Gasteiger partial charge in [0.2, 0.25) is 0 Å². The van der Waals surface area contributed by atoms with Crippen molar-refractivity contribution >= 4 is 23.1 Å². The molecule has 0 aliphatic heterocycles. The molecule has 0 atom stereocenters. The molecule has 0 heterocycles. The van der Waals surface area contributed by atoms with Crippen LogP contribution in [0.3, 0.4) is 0 Å². The first kappa shape index (κ1) is 11.1. The smallest absolute Gasteiger partial charge is 0.289 e. The summed E-state index contributed by atoms with van der Waals surface area (Å²) in [6.45, 7) is 1.27. The van der Waals surface area contributed by atoms with E-state index in [4.69, 9.17) is 16.9 Å². The number of nitrogens with zero attached hydrogens (tertiary/aromatic N) is 2. The van der Waals surface area contributed by atoms with Crippen molar-refractivity contribution in [1.29, 1.82) is 5.26 Å². The van der Waals surface area contributed by atoms with Crippen molar-refractivity contribution in [3.05, 3.63) is 38.4 Å². The number of hydrogen-bond acceptors (Lipinski definition) is 4. The third-order valence-electron chi connectivity index (χ3n) is 1.78. The molecular weight excluding hydrogens is 220 g/mol. The first-order valence-corrected chi connectivity index (χ1v) is 4.24. The van der Waals surface area contributed by atoms with Gasteiger partial charge in [0, 0.05) is 11.6 Å². The quantitative estimate of drug-likeness (QED) is 0.438. The SMILES string of the molecule is CC(=O)c1cc(Cl)c(C#N)c([N+](=O)[O-])c1. The highest BCUT2D eigenvalue weighted by atomic mass is 35.5. The van der Waals surface area contributed by atoms with E-state index in [1.165, 1.54) is 13.0 Å². The summed E-state index contributed by atoms with van der Waals surface area (Å²) in [5.41, 5.74) is -0.562. The van der Waals surface area contributed by atoms with Crippen molar-refractivity contribution in [2.45, 2.75) is 6.92 Å². The van der Waals surface area contributed by atoms with Gasteiger partial charge in [0.1, 0.15) is 11.6 Å². The molecule has 1 aromatic carbocycles. The maximum atomic E-state index is 11.0. The van der Waals surface area contributed by atoms with Crippen molar-refractivity contribution in [2.24, 2.45) is 0 Å². The van der Waals surface area contributed by atoms with Gasteiger partial charge in [-0.1, -0.05) is 11.6 Å². The van der Waals surface area contributed by atoms with Crippen LogP contribution in [0.25, 0.3) is 0 Å². The molecule has 0 unspecified atom stereocenters. The van der Waals surface area contributed by atoms with Crippen LogP contribution in [-0.4, -0.2) is 10.7 Å². The highest BCUT2D eigenvalue weighted by Gasteiger charge is 2.19. The lowest BCUT2D eigenvalue weighted by Crippen LogP contribution is -1.98. The summed E-state index contributed by atoms with van der Waals surface area (Å²) < 4.78 is 0. The minimum Gasteiger partial charge on any atom is -0.295 e. The highest BCUT2D eigenvalue weighted by Crippen LogP contribution is 2.27. The Morgan fingerprint density at radius 2 is 2.20 bits per heavy atom. The number of ketones is 1. The maximum Gasteiger partial charge on any atom is 0.289 e. The Kier molecular flexibility index (Phi) is 3.02. The van der Waals surface area contributed by atoms with Gasteiger partial charge in [0.15, 0.2) is 5.78 Å².